The minimum atomic E-state index is -2.43. The Morgan fingerprint density at radius 2 is 1.09 bits per heavy atom. The summed E-state index contributed by atoms with van der Waals surface area (Å²) in [6, 6.07) is -10.3. The lowest BCUT2D eigenvalue weighted by atomic mass is 9.95. The van der Waals surface area contributed by atoms with Gasteiger partial charge in [-0.05, 0) is 69.3 Å². The van der Waals surface area contributed by atoms with Gasteiger partial charge in [-0.1, -0.05) is 82.7 Å². The zero-order valence-electron chi connectivity index (χ0n) is 63.7. The molecule has 1 fully saturated rings. The number of amides is 15. The number of nitrogens with one attached hydrogen (secondary N) is 14. The second-order valence-electron chi connectivity index (χ2n) is 27.3. The molecule has 43 heteroatoms. The van der Waals surface area contributed by atoms with Crippen LogP contribution >= 0.6 is 0 Å². The van der Waals surface area contributed by atoms with Crippen molar-refractivity contribution in [1.29, 1.82) is 0 Å². The Bertz CT molecular complexity index is 4040. The van der Waals surface area contributed by atoms with E-state index in [1.165, 1.54) is 31.2 Å². The van der Waals surface area contributed by atoms with E-state index in [4.69, 9.17) is 27.7 Å². The number of fused-ring (bicyclic) bond motifs is 1. The number of Topliss-reactive ketones (excluding diaryl/α,β-unsaturated/α-hetero) is 1. The molecule has 0 bridgehead atoms. The van der Waals surface area contributed by atoms with Crippen LogP contribution in [0, 0.1) is 5.92 Å². The number of benzene rings is 2. The van der Waals surface area contributed by atoms with Gasteiger partial charge < -0.3 is 122 Å². The van der Waals surface area contributed by atoms with E-state index in [1.807, 2.05) is 16.0 Å². The number of carboxylic acids is 3. The first kappa shape index (κ1) is 94.7. The number of nitrogens with two attached hydrogens (primary N) is 4. The topological polar surface area (TPSA) is 708 Å². The number of unbranched alkanes of at least 4 members (excludes halogenated alkanes) is 6. The summed E-state index contributed by atoms with van der Waals surface area (Å²) in [6.45, 7) is 1.27. The Kier molecular flexibility index (Phi) is 39.2. The predicted molar refractivity (Wildman–Crippen MR) is 402 cm³/mol. The van der Waals surface area contributed by atoms with Gasteiger partial charge in [0.2, 0.25) is 88.6 Å². The van der Waals surface area contributed by atoms with E-state index in [2.05, 4.69) is 65.1 Å². The molecule has 0 unspecified atom stereocenters. The molecular weight excluding hydrogens is 1520 g/mol. The Balaban J connectivity index is 1.87. The molecule has 0 spiro atoms. The van der Waals surface area contributed by atoms with Crippen molar-refractivity contribution in [3.63, 3.8) is 0 Å². The summed E-state index contributed by atoms with van der Waals surface area (Å²) in [4.78, 5) is 277. The number of cyclic esters (lactones) is 1. The van der Waals surface area contributed by atoms with Crippen LogP contribution in [0.1, 0.15) is 146 Å². The number of carbonyl (C=O) groups excluding carboxylic acids is 17. The second kappa shape index (κ2) is 47.6. The lowest BCUT2D eigenvalue weighted by Crippen LogP contribution is -2.62. The first-order valence-electron chi connectivity index (χ1n) is 36.9. The van der Waals surface area contributed by atoms with Crippen LogP contribution in [0.4, 0.5) is 5.69 Å². The highest BCUT2D eigenvalue weighted by molar-refractivity contribution is 6.05. The smallest absolute Gasteiger partial charge is 0.329 e. The number of rotatable bonds is 35. The summed E-state index contributed by atoms with van der Waals surface area (Å²) in [6.07, 6.45) is -2.00. The summed E-state index contributed by atoms with van der Waals surface area (Å²) >= 11 is 0. The number of esters is 1. The number of carboxylic acid groups (broad SMARTS) is 3. The van der Waals surface area contributed by atoms with Gasteiger partial charge >= 0.3 is 23.9 Å². The summed E-state index contributed by atoms with van der Waals surface area (Å²) < 4.78 is 5.70. The van der Waals surface area contributed by atoms with Crippen LogP contribution in [0.15, 0.2) is 54.7 Å². The van der Waals surface area contributed by atoms with E-state index in [-0.39, 0.29) is 43.5 Å². The number of primary amides is 2. The molecule has 1 saturated heterocycles. The van der Waals surface area contributed by atoms with Crippen molar-refractivity contribution in [3.05, 3.63) is 65.9 Å². The molecule has 1 aliphatic heterocycles. The van der Waals surface area contributed by atoms with Crippen LogP contribution in [0.3, 0.4) is 0 Å². The van der Waals surface area contributed by atoms with Gasteiger partial charge in [0.25, 0.3) is 0 Å². The predicted octanol–water partition coefficient (Wildman–Crippen LogP) is -6.22. The van der Waals surface area contributed by atoms with Crippen LogP contribution in [-0.2, 0) is 102 Å². The number of hydrogen-bond donors (Lipinski definition) is 22. The molecule has 13 atom stereocenters. The van der Waals surface area contributed by atoms with Gasteiger partial charge in [0.15, 0.2) is 5.78 Å². The van der Waals surface area contributed by atoms with E-state index in [0.717, 1.165) is 46.0 Å². The molecule has 3 aromatic rings. The van der Waals surface area contributed by atoms with Crippen LogP contribution in [0.2, 0.25) is 0 Å². The van der Waals surface area contributed by atoms with Gasteiger partial charge in [0.1, 0.15) is 72.6 Å². The third-order valence-electron chi connectivity index (χ3n) is 17.9. The van der Waals surface area contributed by atoms with Gasteiger partial charge in [0, 0.05) is 54.0 Å². The van der Waals surface area contributed by atoms with Gasteiger partial charge in [-0.25, -0.2) is 4.79 Å². The number of ketones is 1. The highest BCUT2D eigenvalue weighted by Gasteiger charge is 2.41. The van der Waals surface area contributed by atoms with Crippen molar-refractivity contribution in [2.24, 2.45) is 23.1 Å². The fourth-order valence-electron chi connectivity index (χ4n) is 11.8. The quantitative estimate of drug-likeness (QED) is 0.0113. The molecule has 2 heterocycles. The first-order chi connectivity index (χ1) is 54.4. The van der Waals surface area contributed by atoms with E-state index in [9.17, 15) is 116 Å². The summed E-state index contributed by atoms with van der Waals surface area (Å²) in [5.74, 6) is -28.8. The first-order valence-corrected chi connectivity index (χ1v) is 36.9. The van der Waals surface area contributed by atoms with Crippen molar-refractivity contribution in [2.45, 2.75) is 209 Å². The van der Waals surface area contributed by atoms with Crippen molar-refractivity contribution in [2.75, 3.05) is 32.0 Å². The zero-order chi connectivity index (χ0) is 85.8. The van der Waals surface area contributed by atoms with E-state index in [1.54, 1.807) is 30.5 Å². The fraction of sp³-hybridized carbons (Fsp3) is 0.528. The van der Waals surface area contributed by atoms with Gasteiger partial charge in [-0.2, -0.15) is 0 Å². The molecule has 15 amide bonds. The average molecular weight is 1620 g/mol. The Hall–Kier alpha value is -12.7. The van der Waals surface area contributed by atoms with Gasteiger partial charge in [-0.15, -0.1) is 0 Å². The Morgan fingerprint density at radius 1 is 0.548 bits per heavy atom. The number of H-pyrrole nitrogens is 1. The molecule has 115 heavy (non-hydrogen) atoms. The number of aliphatic carboxylic acids is 3. The maximum atomic E-state index is 14.9. The van der Waals surface area contributed by atoms with Crippen molar-refractivity contribution >= 4 is 135 Å². The number of anilines is 1. The molecule has 0 aliphatic carbocycles. The number of nitrogen functional groups attached to an aromatic ring is 1. The van der Waals surface area contributed by atoms with Crippen LogP contribution < -0.4 is 92.1 Å². The van der Waals surface area contributed by atoms with E-state index >= 15 is 0 Å². The van der Waals surface area contributed by atoms with Crippen molar-refractivity contribution in [1.82, 2.24) is 74.1 Å². The molecule has 1 aliphatic rings. The van der Waals surface area contributed by atoms with Crippen LogP contribution in [-0.4, -0.2) is 242 Å². The van der Waals surface area contributed by atoms with Gasteiger partial charge in [-0.3, -0.25) is 91.1 Å². The Morgan fingerprint density at radius 3 is 1.69 bits per heavy atom. The maximum Gasteiger partial charge on any atom is 0.329 e. The molecule has 43 nitrogen and oxygen atoms in total. The van der Waals surface area contributed by atoms with Crippen molar-refractivity contribution < 1.29 is 121 Å². The molecule has 630 valence electrons. The number of aromatic nitrogens is 1. The van der Waals surface area contributed by atoms with Crippen LogP contribution in [0.25, 0.3) is 10.9 Å². The third-order valence-corrected chi connectivity index (χ3v) is 17.9. The fourth-order valence-corrected chi connectivity index (χ4v) is 11.8. The molecule has 0 saturated carbocycles. The minimum Gasteiger partial charge on any atom is -0.481 e. The van der Waals surface area contributed by atoms with E-state index < -0.39 is 255 Å². The molecule has 0 radical (unpaired) electrons. The Labute approximate surface area is 658 Å². The lowest BCUT2D eigenvalue weighted by Gasteiger charge is -2.30. The molecule has 26 N–H and O–H groups in total. The average Bonchev–Trinajstić information content (AvgIpc) is 1.72. The summed E-state index contributed by atoms with van der Waals surface area (Å²) in [5.41, 5.74) is 23.6. The number of para-hydroxylation sites is 2. The SMILES string of the molecule is CCCCCCCCCC(=O)N[C@@H](Cc1c[nH]c2ccccc12)C(=O)N[C@@H](CC(N)=O)C(=O)N[C@@H](CC(=O)O)C(=O)N[C@@H]1C(=O)NCC(=O)N[C@@H](CCCN)C(=O)N[C@@H](CC(=O)O)C(=O)N[C@H](C)C(=O)N[C@@H](CC(=O)O)C(=O)NCC(=O)N[C@H](CO)C(=O)N[C@@H]([C@H](C)CC(N)=O)C(=O)N[C@@H](CC(=O)c2ccccc2N)C(=O)O[C@@H]1C. The van der Waals surface area contributed by atoms with E-state index in [0.29, 0.717) is 29.3 Å². The van der Waals surface area contributed by atoms with Crippen molar-refractivity contribution in [3.8, 4) is 0 Å². The molecule has 2 aromatic carbocycles. The number of ether oxygens (including phenoxy) is 1. The maximum absolute atomic E-state index is 14.9. The highest BCUT2D eigenvalue weighted by atomic mass is 16.5. The number of carbonyl (C=O) groups is 20. The molecular formula is C72H102N18O25. The highest BCUT2D eigenvalue weighted by Crippen LogP contribution is 2.21. The minimum absolute atomic E-state index is 0.0151. The zero-order valence-corrected chi connectivity index (χ0v) is 63.7. The monoisotopic (exact) mass is 1620 g/mol. The lowest BCUT2D eigenvalue weighted by molar-refractivity contribution is -0.156. The van der Waals surface area contributed by atoms with Crippen LogP contribution in [0.5, 0.6) is 0 Å². The standard InChI is InChI=1S/C72H102N18O25/c1-5-6-7-8-9-10-11-22-54(95)82-44(25-38-31-77-42-20-15-13-17-39(38)42)66(108)85-45(27-53(76)94)67(109)87-48(30-59(102)103)68(110)90-61-37(4)115-72(114)49(26-51(92)40-18-12-14-19-41(40)74)88-71(113)60(35(2)24-52(75)93)89-69(111)50(34-91)83-56(97)32-78-63(105)46(28-57(98)99)84-62(104)36(3)80-65(107)47(29-58(100)101)86-64(106)43(21-16-23-73)81-55(96)33-79-70(61)112/h12-15,17-20,31,35-37,43-50,60-61,77,91H,5-11,16,21-30,32-34,73-74H2,1-4H3,(H2,75,93)(H2,76,94)(H,78,105)(H,79,112)(H,80,107)(H,81,96)(H,82,95)(H,83,97)(H,84,104)(H,85,108)(H,86,106)(H,87,109)(H,88,113)(H,89,111)(H,90,110)(H,98,99)(H,100,101)(H,102,103)/t35-,36-,37-,43+,44+,45+,46+,47+,48+,49+,50-,60+,61+/m1/s1. The number of hydrogen-bond acceptors (Lipinski definition) is 24. The second-order valence-corrected chi connectivity index (χ2v) is 27.3. The number of aliphatic hydroxyl groups is 1. The molecule has 4 rings (SSSR count). The molecule has 1 aromatic heterocycles. The number of aromatic amines is 1. The summed E-state index contributed by atoms with van der Waals surface area (Å²) in [7, 11) is 0. The van der Waals surface area contributed by atoms with Gasteiger partial charge in [0.05, 0.1) is 45.4 Å². The normalized spacial score (nSPS) is 21.2. The number of aliphatic hydroxyl groups excluding tert-OH is 1. The third kappa shape index (κ3) is 32.5. The largest absolute Gasteiger partial charge is 0.481 e. The summed E-state index contributed by atoms with van der Waals surface area (Å²) in [5, 5.41) is 69.0.